The first-order chi connectivity index (χ1) is 11.7. The van der Waals surface area contributed by atoms with Crippen molar-refractivity contribution < 1.29 is 14.3 Å². The molecule has 0 saturated heterocycles. The summed E-state index contributed by atoms with van der Waals surface area (Å²) in [6.07, 6.45) is 3.97. The average molecular weight is 324 g/mol. The molecule has 0 heterocycles. The van der Waals surface area contributed by atoms with Crippen LogP contribution in [-0.2, 0) is 13.0 Å². The molecule has 0 saturated carbocycles. The van der Waals surface area contributed by atoms with Gasteiger partial charge in [0.1, 0.15) is 18.1 Å². The summed E-state index contributed by atoms with van der Waals surface area (Å²) in [5.41, 5.74) is 3.06. The number of benzene rings is 2. The van der Waals surface area contributed by atoms with Crippen molar-refractivity contribution in [1.29, 1.82) is 0 Å². The fourth-order valence-electron chi connectivity index (χ4n) is 3.34. The summed E-state index contributed by atoms with van der Waals surface area (Å²) < 4.78 is 11.1. The lowest BCUT2D eigenvalue weighted by Crippen LogP contribution is -2.22. The van der Waals surface area contributed by atoms with Crippen molar-refractivity contribution in [2.24, 2.45) is 5.92 Å². The second-order valence-corrected chi connectivity index (χ2v) is 6.35. The molecule has 126 valence electrons. The Morgan fingerprint density at radius 2 is 2.00 bits per heavy atom. The van der Waals surface area contributed by atoms with Gasteiger partial charge in [-0.05, 0) is 60.7 Å². The van der Waals surface area contributed by atoms with Crippen molar-refractivity contribution in [2.75, 3.05) is 7.11 Å². The lowest BCUT2D eigenvalue weighted by atomic mass is 9.80. The van der Waals surface area contributed by atoms with Crippen LogP contribution in [0.4, 0.5) is 0 Å². The zero-order valence-corrected chi connectivity index (χ0v) is 14.4. The van der Waals surface area contributed by atoms with Gasteiger partial charge in [0.25, 0.3) is 0 Å². The molecule has 1 unspecified atom stereocenters. The van der Waals surface area contributed by atoms with Gasteiger partial charge in [-0.3, -0.25) is 4.79 Å². The summed E-state index contributed by atoms with van der Waals surface area (Å²) >= 11 is 0. The molecule has 2 aromatic rings. The smallest absolute Gasteiger partial charge is 0.166 e. The van der Waals surface area contributed by atoms with Crippen LogP contribution in [0.3, 0.4) is 0 Å². The van der Waals surface area contributed by atoms with Gasteiger partial charge < -0.3 is 9.47 Å². The fraction of sp³-hybridized carbons (Fsp3) is 0.381. The maximum Gasteiger partial charge on any atom is 0.166 e. The van der Waals surface area contributed by atoms with Crippen LogP contribution in [0.15, 0.2) is 42.5 Å². The number of hydrogen-bond acceptors (Lipinski definition) is 3. The number of aryl methyl sites for hydroxylation is 1. The molecule has 0 radical (unpaired) electrons. The van der Waals surface area contributed by atoms with Gasteiger partial charge in [0.05, 0.1) is 7.11 Å². The first-order valence-electron chi connectivity index (χ1n) is 8.64. The molecule has 3 nitrogen and oxygen atoms in total. The predicted octanol–water partition coefficient (Wildman–Crippen LogP) is 4.82. The summed E-state index contributed by atoms with van der Waals surface area (Å²) in [5, 5.41) is 0. The number of rotatable bonds is 6. The molecule has 0 aliphatic heterocycles. The van der Waals surface area contributed by atoms with Crippen LogP contribution in [0, 0.1) is 5.92 Å². The first-order valence-corrected chi connectivity index (χ1v) is 8.64. The number of carbonyl (C=O) groups is 1. The van der Waals surface area contributed by atoms with Gasteiger partial charge >= 0.3 is 0 Å². The van der Waals surface area contributed by atoms with Gasteiger partial charge in [-0.25, -0.2) is 0 Å². The summed E-state index contributed by atoms with van der Waals surface area (Å²) in [6.45, 7) is 2.63. The topological polar surface area (TPSA) is 35.5 Å². The monoisotopic (exact) mass is 324 g/mol. The Bertz CT molecular complexity index is 721. The van der Waals surface area contributed by atoms with E-state index >= 15 is 0 Å². The lowest BCUT2D eigenvalue weighted by Gasteiger charge is -2.23. The minimum Gasteiger partial charge on any atom is -0.497 e. The third kappa shape index (κ3) is 3.61. The number of Topliss-reactive ketones (excluding diaryl/α,β-unsaturated/α-hetero) is 1. The number of ether oxygens (including phenoxy) is 2. The molecule has 1 aliphatic carbocycles. The van der Waals surface area contributed by atoms with Crippen LogP contribution < -0.4 is 9.47 Å². The van der Waals surface area contributed by atoms with E-state index in [-0.39, 0.29) is 5.92 Å². The standard InChI is InChI=1S/C21H24O3/c1-3-5-16-8-9-17-13-19(10-11-20(17)21(16)22)24-14-15-6-4-7-18(12-15)23-2/h4,6-7,10-13,16H,3,5,8-9,14H2,1-2H3. The third-order valence-corrected chi connectivity index (χ3v) is 4.65. The molecular formula is C21H24O3. The molecule has 0 N–H and O–H groups in total. The molecule has 0 amide bonds. The quantitative estimate of drug-likeness (QED) is 0.764. The minimum absolute atomic E-state index is 0.200. The van der Waals surface area contributed by atoms with Crippen LogP contribution in [0.25, 0.3) is 0 Å². The highest BCUT2D eigenvalue weighted by Crippen LogP contribution is 2.31. The van der Waals surface area contributed by atoms with Gasteiger partial charge in [0.15, 0.2) is 5.78 Å². The Hall–Kier alpha value is -2.29. The normalized spacial score (nSPS) is 16.6. The highest BCUT2D eigenvalue weighted by Gasteiger charge is 2.26. The van der Waals surface area contributed by atoms with E-state index in [1.165, 1.54) is 0 Å². The fourth-order valence-corrected chi connectivity index (χ4v) is 3.34. The van der Waals surface area contributed by atoms with Gasteiger partial charge in [-0.2, -0.15) is 0 Å². The van der Waals surface area contributed by atoms with Crippen molar-refractivity contribution in [3.05, 3.63) is 59.2 Å². The molecular weight excluding hydrogens is 300 g/mol. The van der Waals surface area contributed by atoms with Gasteiger partial charge in [-0.1, -0.05) is 25.5 Å². The summed E-state index contributed by atoms with van der Waals surface area (Å²) in [6, 6.07) is 13.7. The Morgan fingerprint density at radius 1 is 1.12 bits per heavy atom. The van der Waals surface area contributed by atoms with E-state index < -0.39 is 0 Å². The molecule has 0 bridgehead atoms. The van der Waals surface area contributed by atoms with Crippen LogP contribution >= 0.6 is 0 Å². The maximum absolute atomic E-state index is 12.5. The van der Waals surface area contributed by atoms with Gasteiger partial charge in [0, 0.05) is 11.5 Å². The van der Waals surface area contributed by atoms with Crippen molar-refractivity contribution in [3.63, 3.8) is 0 Å². The number of fused-ring (bicyclic) bond motifs is 1. The highest BCUT2D eigenvalue weighted by atomic mass is 16.5. The van der Waals surface area contributed by atoms with E-state index in [2.05, 4.69) is 6.92 Å². The van der Waals surface area contributed by atoms with E-state index in [1.54, 1.807) is 7.11 Å². The summed E-state index contributed by atoms with van der Waals surface area (Å²) in [4.78, 5) is 12.5. The van der Waals surface area contributed by atoms with E-state index in [1.807, 2.05) is 42.5 Å². The van der Waals surface area contributed by atoms with Crippen LogP contribution in [0.2, 0.25) is 0 Å². The summed E-state index contributed by atoms with van der Waals surface area (Å²) in [7, 11) is 1.66. The number of methoxy groups -OCH3 is 1. The molecule has 0 fully saturated rings. The molecule has 0 spiro atoms. The Balaban J connectivity index is 1.69. The predicted molar refractivity (Wildman–Crippen MR) is 94.8 cm³/mol. The number of ketones is 1. The molecule has 1 atom stereocenters. The van der Waals surface area contributed by atoms with Crippen molar-refractivity contribution in [3.8, 4) is 11.5 Å². The zero-order chi connectivity index (χ0) is 16.9. The van der Waals surface area contributed by atoms with Gasteiger partial charge in [0.2, 0.25) is 0 Å². The van der Waals surface area contributed by atoms with Crippen molar-refractivity contribution >= 4 is 5.78 Å². The molecule has 1 aliphatic rings. The summed E-state index contributed by atoms with van der Waals surface area (Å²) in [5.74, 6) is 2.15. The first kappa shape index (κ1) is 16.6. The Morgan fingerprint density at radius 3 is 2.79 bits per heavy atom. The average Bonchev–Trinajstić information content (AvgIpc) is 2.62. The van der Waals surface area contributed by atoms with Crippen LogP contribution in [0.1, 0.15) is 47.7 Å². The van der Waals surface area contributed by atoms with E-state index in [9.17, 15) is 4.79 Å². The molecule has 2 aromatic carbocycles. The molecule has 3 rings (SSSR count). The zero-order valence-electron chi connectivity index (χ0n) is 14.4. The SMILES string of the molecule is CCCC1CCc2cc(OCc3cccc(OC)c3)ccc2C1=O. The number of hydrogen-bond donors (Lipinski definition) is 0. The minimum atomic E-state index is 0.200. The molecule has 24 heavy (non-hydrogen) atoms. The third-order valence-electron chi connectivity index (χ3n) is 4.65. The van der Waals surface area contributed by atoms with E-state index in [0.717, 1.165) is 53.9 Å². The van der Waals surface area contributed by atoms with Crippen LogP contribution in [-0.4, -0.2) is 12.9 Å². The van der Waals surface area contributed by atoms with Crippen molar-refractivity contribution in [2.45, 2.75) is 39.2 Å². The molecule has 0 aromatic heterocycles. The second-order valence-electron chi connectivity index (χ2n) is 6.35. The van der Waals surface area contributed by atoms with Gasteiger partial charge in [-0.15, -0.1) is 0 Å². The van der Waals surface area contributed by atoms with E-state index in [4.69, 9.17) is 9.47 Å². The Labute approximate surface area is 143 Å². The molecule has 3 heteroatoms. The van der Waals surface area contributed by atoms with Crippen molar-refractivity contribution in [1.82, 2.24) is 0 Å². The van der Waals surface area contributed by atoms with E-state index in [0.29, 0.717) is 12.4 Å². The lowest BCUT2D eigenvalue weighted by molar-refractivity contribution is 0.0894. The Kier molecular flexibility index (Phi) is 5.19. The number of carbonyl (C=O) groups excluding carboxylic acids is 1. The second kappa shape index (κ2) is 7.52. The largest absolute Gasteiger partial charge is 0.497 e. The maximum atomic E-state index is 12.5. The van der Waals surface area contributed by atoms with Crippen LogP contribution in [0.5, 0.6) is 11.5 Å². The highest BCUT2D eigenvalue weighted by molar-refractivity contribution is 6.00.